The van der Waals surface area contributed by atoms with Crippen molar-refractivity contribution in [3.05, 3.63) is 0 Å². The lowest BCUT2D eigenvalue weighted by Crippen LogP contribution is -2.32. The van der Waals surface area contributed by atoms with Gasteiger partial charge in [0.15, 0.2) is 0 Å². The van der Waals surface area contributed by atoms with E-state index < -0.39 is 23.8 Å². The summed E-state index contributed by atoms with van der Waals surface area (Å²) in [7, 11) is 0. The molecule has 0 saturated heterocycles. The number of carbonyl (C=O) groups is 2. The number of thiol groups is 1. The highest BCUT2D eigenvalue weighted by molar-refractivity contribution is 7.80. The third-order valence-electron chi connectivity index (χ3n) is 2.38. The van der Waals surface area contributed by atoms with Crippen LogP contribution in [0.15, 0.2) is 0 Å². The Morgan fingerprint density at radius 2 is 1.38 bits per heavy atom. The van der Waals surface area contributed by atoms with Crippen LogP contribution < -0.4 is 0 Å². The van der Waals surface area contributed by atoms with Crippen LogP contribution in [0.3, 0.4) is 0 Å². The minimum atomic E-state index is -0.912. The molecule has 1 aliphatic rings. The van der Waals surface area contributed by atoms with Crippen molar-refractivity contribution in [2.75, 3.05) is 0 Å². The third kappa shape index (κ3) is 2.62. The lowest BCUT2D eigenvalue weighted by molar-refractivity contribution is -0.147. The van der Waals surface area contributed by atoms with Gasteiger partial charge in [-0.05, 0) is 19.3 Å². The molecule has 2 unspecified atom stereocenters. The SMILES string of the molecule is O=C(O)C1CC(S)CC(C(=O)O)C1. The second-order valence-electron chi connectivity index (χ2n) is 3.43. The zero-order valence-electron chi connectivity index (χ0n) is 7.01. The van der Waals surface area contributed by atoms with Crippen molar-refractivity contribution in [1.82, 2.24) is 0 Å². The van der Waals surface area contributed by atoms with Gasteiger partial charge in [0.1, 0.15) is 0 Å². The molecule has 0 radical (unpaired) electrons. The van der Waals surface area contributed by atoms with Crippen molar-refractivity contribution in [3.63, 3.8) is 0 Å². The first-order valence-electron chi connectivity index (χ1n) is 4.14. The molecular weight excluding hydrogens is 192 g/mol. The van der Waals surface area contributed by atoms with Crippen molar-refractivity contribution in [2.24, 2.45) is 11.8 Å². The van der Waals surface area contributed by atoms with E-state index >= 15 is 0 Å². The van der Waals surface area contributed by atoms with Gasteiger partial charge < -0.3 is 10.2 Å². The highest BCUT2D eigenvalue weighted by atomic mass is 32.1. The van der Waals surface area contributed by atoms with E-state index in [9.17, 15) is 9.59 Å². The van der Waals surface area contributed by atoms with Crippen LogP contribution in [-0.2, 0) is 9.59 Å². The number of rotatable bonds is 2. The lowest BCUT2D eigenvalue weighted by atomic mass is 9.81. The average molecular weight is 204 g/mol. The maximum Gasteiger partial charge on any atom is 0.306 e. The molecule has 2 atom stereocenters. The maximum atomic E-state index is 10.6. The van der Waals surface area contributed by atoms with Gasteiger partial charge in [0, 0.05) is 5.25 Å². The van der Waals surface area contributed by atoms with Crippen LogP contribution in [0.1, 0.15) is 19.3 Å². The minimum Gasteiger partial charge on any atom is -0.481 e. The highest BCUT2D eigenvalue weighted by Crippen LogP contribution is 2.32. The molecule has 74 valence electrons. The third-order valence-corrected chi connectivity index (χ3v) is 2.80. The summed E-state index contributed by atoms with van der Waals surface area (Å²) in [6, 6.07) is 0. The number of carboxylic acid groups (broad SMARTS) is 2. The minimum absolute atomic E-state index is 0.101. The fraction of sp³-hybridized carbons (Fsp3) is 0.750. The predicted molar refractivity (Wildman–Crippen MR) is 48.9 cm³/mol. The summed E-state index contributed by atoms with van der Waals surface area (Å²) in [5, 5.41) is 17.4. The second kappa shape index (κ2) is 4.00. The Kier molecular flexibility index (Phi) is 3.19. The van der Waals surface area contributed by atoms with E-state index in [1.54, 1.807) is 0 Å². The Bertz CT molecular complexity index is 206. The Morgan fingerprint density at radius 1 is 1.00 bits per heavy atom. The molecule has 4 nitrogen and oxygen atoms in total. The van der Waals surface area contributed by atoms with Gasteiger partial charge in [-0.2, -0.15) is 12.6 Å². The standard InChI is InChI=1S/C8H12O4S/c9-7(10)4-1-5(8(11)12)3-6(13)2-4/h4-6,13H,1-3H2,(H,9,10)(H,11,12). The molecule has 0 aromatic rings. The van der Waals surface area contributed by atoms with Crippen molar-refractivity contribution >= 4 is 24.6 Å². The number of hydrogen-bond donors (Lipinski definition) is 3. The van der Waals surface area contributed by atoms with Crippen LogP contribution in [0.4, 0.5) is 0 Å². The van der Waals surface area contributed by atoms with E-state index in [1.165, 1.54) is 0 Å². The van der Waals surface area contributed by atoms with Gasteiger partial charge >= 0.3 is 11.9 Å². The van der Waals surface area contributed by atoms with Crippen molar-refractivity contribution in [2.45, 2.75) is 24.5 Å². The number of aliphatic carboxylic acids is 2. The number of hydrogen-bond acceptors (Lipinski definition) is 3. The maximum absolute atomic E-state index is 10.6. The summed E-state index contributed by atoms with van der Waals surface area (Å²) in [5.74, 6) is -2.91. The Hall–Kier alpha value is -0.710. The summed E-state index contributed by atoms with van der Waals surface area (Å²) in [6.07, 6.45) is 1.19. The largest absolute Gasteiger partial charge is 0.481 e. The molecule has 2 N–H and O–H groups in total. The molecule has 0 bridgehead atoms. The summed E-state index contributed by atoms with van der Waals surface area (Å²) >= 11 is 4.14. The molecule has 1 saturated carbocycles. The van der Waals surface area contributed by atoms with Crippen molar-refractivity contribution in [3.8, 4) is 0 Å². The number of carboxylic acids is 2. The smallest absolute Gasteiger partial charge is 0.306 e. The average Bonchev–Trinajstić information content (AvgIpc) is 2.03. The summed E-state index contributed by atoms with van der Waals surface area (Å²) in [5.41, 5.74) is 0. The van der Waals surface area contributed by atoms with Crippen LogP contribution in [0.2, 0.25) is 0 Å². The van der Waals surface area contributed by atoms with Crippen LogP contribution in [0.25, 0.3) is 0 Å². The molecule has 1 aliphatic carbocycles. The van der Waals surface area contributed by atoms with Crippen LogP contribution in [0.5, 0.6) is 0 Å². The van der Waals surface area contributed by atoms with Crippen molar-refractivity contribution < 1.29 is 19.8 Å². The first-order chi connectivity index (χ1) is 6.00. The zero-order chi connectivity index (χ0) is 10.0. The summed E-state index contributed by atoms with van der Waals surface area (Å²) in [6.45, 7) is 0. The Balaban J connectivity index is 2.62. The van der Waals surface area contributed by atoms with Gasteiger partial charge in [-0.3, -0.25) is 9.59 Å². The highest BCUT2D eigenvalue weighted by Gasteiger charge is 2.34. The fourth-order valence-electron chi connectivity index (χ4n) is 1.69. The van der Waals surface area contributed by atoms with E-state index in [-0.39, 0.29) is 11.7 Å². The molecule has 0 heterocycles. The normalized spacial score (nSPS) is 34.1. The van der Waals surface area contributed by atoms with Gasteiger partial charge in [0.05, 0.1) is 11.8 Å². The Labute approximate surface area is 81.4 Å². The summed E-state index contributed by atoms with van der Waals surface area (Å²) in [4.78, 5) is 21.3. The quantitative estimate of drug-likeness (QED) is 0.583. The molecule has 0 aromatic heterocycles. The molecule has 0 aliphatic heterocycles. The molecule has 0 aromatic carbocycles. The lowest BCUT2D eigenvalue weighted by Gasteiger charge is -2.27. The zero-order valence-corrected chi connectivity index (χ0v) is 7.91. The molecule has 0 spiro atoms. The van der Waals surface area contributed by atoms with E-state index in [0.717, 1.165) is 0 Å². The van der Waals surface area contributed by atoms with Crippen molar-refractivity contribution in [1.29, 1.82) is 0 Å². The molecule has 0 amide bonds. The fourth-order valence-corrected chi connectivity index (χ4v) is 2.20. The molecule has 5 heteroatoms. The second-order valence-corrected chi connectivity index (χ2v) is 4.16. The van der Waals surface area contributed by atoms with Gasteiger partial charge in [0.2, 0.25) is 0 Å². The van der Waals surface area contributed by atoms with Gasteiger partial charge in [-0.25, -0.2) is 0 Å². The van der Waals surface area contributed by atoms with E-state index in [4.69, 9.17) is 10.2 Å². The molecule has 1 fully saturated rings. The van der Waals surface area contributed by atoms with Crippen LogP contribution >= 0.6 is 12.6 Å². The predicted octanol–water partition coefficient (Wildman–Crippen LogP) is 0.870. The van der Waals surface area contributed by atoms with Crippen LogP contribution in [0, 0.1) is 11.8 Å². The topological polar surface area (TPSA) is 74.6 Å². The van der Waals surface area contributed by atoms with E-state index in [1.807, 2.05) is 0 Å². The molecule has 1 rings (SSSR count). The van der Waals surface area contributed by atoms with E-state index in [2.05, 4.69) is 12.6 Å². The molecule has 13 heavy (non-hydrogen) atoms. The first-order valence-corrected chi connectivity index (χ1v) is 4.66. The molecular formula is C8H12O4S. The van der Waals surface area contributed by atoms with Gasteiger partial charge in [-0.1, -0.05) is 0 Å². The van der Waals surface area contributed by atoms with E-state index in [0.29, 0.717) is 12.8 Å². The van der Waals surface area contributed by atoms with Gasteiger partial charge in [-0.15, -0.1) is 0 Å². The first kappa shape index (κ1) is 10.4. The van der Waals surface area contributed by atoms with Crippen LogP contribution in [-0.4, -0.2) is 27.4 Å². The summed E-state index contributed by atoms with van der Waals surface area (Å²) < 4.78 is 0. The van der Waals surface area contributed by atoms with Gasteiger partial charge in [0.25, 0.3) is 0 Å². The Morgan fingerprint density at radius 3 is 1.69 bits per heavy atom. The monoisotopic (exact) mass is 204 g/mol.